The normalized spacial score (nSPS) is 12.9. The first-order valence-corrected chi connectivity index (χ1v) is 7.08. The number of hydrogen-bond acceptors (Lipinski definition) is 2. The third-order valence-corrected chi connectivity index (χ3v) is 3.27. The summed E-state index contributed by atoms with van der Waals surface area (Å²) in [6, 6.07) is 6.35. The summed E-state index contributed by atoms with van der Waals surface area (Å²) in [5.74, 6) is -0.321. The maximum absolute atomic E-state index is 12.2. The van der Waals surface area contributed by atoms with Gasteiger partial charge in [-0.15, -0.1) is 0 Å². The zero-order chi connectivity index (χ0) is 16.2. The second-order valence-corrected chi connectivity index (χ2v) is 6.55. The van der Waals surface area contributed by atoms with Crippen molar-refractivity contribution in [2.75, 3.05) is 5.32 Å². The molecule has 0 aliphatic heterocycles. The van der Waals surface area contributed by atoms with Gasteiger partial charge in [0.15, 0.2) is 0 Å². The van der Waals surface area contributed by atoms with E-state index < -0.39 is 12.1 Å². The van der Waals surface area contributed by atoms with Crippen LogP contribution in [-0.4, -0.2) is 18.0 Å². The minimum atomic E-state index is -0.702. The molecule has 21 heavy (non-hydrogen) atoms. The Kier molecular flexibility index (Phi) is 5.35. The van der Waals surface area contributed by atoms with Crippen molar-refractivity contribution < 1.29 is 9.59 Å². The number of nitrogens with two attached hydrogens (primary N) is 1. The van der Waals surface area contributed by atoms with Crippen molar-refractivity contribution in [3.63, 3.8) is 0 Å². The van der Waals surface area contributed by atoms with E-state index in [1.165, 1.54) is 5.56 Å². The fraction of sp³-hybridized carbons (Fsp3) is 0.500. The van der Waals surface area contributed by atoms with E-state index in [4.69, 9.17) is 5.73 Å². The van der Waals surface area contributed by atoms with Gasteiger partial charge in [0.05, 0.1) is 0 Å². The van der Waals surface area contributed by atoms with Crippen LogP contribution in [0.3, 0.4) is 0 Å². The van der Waals surface area contributed by atoms with Crippen LogP contribution in [0.4, 0.5) is 10.5 Å². The number of anilines is 1. The molecular formula is C16H25N3O2. The molecule has 0 unspecified atom stereocenters. The van der Waals surface area contributed by atoms with E-state index in [1.807, 2.05) is 38.1 Å². The van der Waals surface area contributed by atoms with Crippen molar-refractivity contribution in [1.29, 1.82) is 0 Å². The van der Waals surface area contributed by atoms with Crippen LogP contribution in [0.25, 0.3) is 0 Å². The molecule has 1 rings (SSSR count). The van der Waals surface area contributed by atoms with E-state index >= 15 is 0 Å². The Balaban J connectivity index is 2.79. The molecule has 4 N–H and O–H groups in total. The Morgan fingerprint density at radius 2 is 1.62 bits per heavy atom. The van der Waals surface area contributed by atoms with Crippen molar-refractivity contribution in [2.45, 2.75) is 46.1 Å². The minimum Gasteiger partial charge on any atom is -0.352 e. The van der Waals surface area contributed by atoms with Crippen molar-refractivity contribution >= 4 is 17.6 Å². The molecule has 3 amide bonds. The van der Waals surface area contributed by atoms with Gasteiger partial charge in [-0.3, -0.25) is 4.79 Å². The van der Waals surface area contributed by atoms with Gasteiger partial charge < -0.3 is 16.4 Å². The first kappa shape index (κ1) is 17.0. The summed E-state index contributed by atoms with van der Waals surface area (Å²) in [5, 5.41) is 5.26. The van der Waals surface area contributed by atoms with E-state index in [-0.39, 0.29) is 17.2 Å². The minimum absolute atomic E-state index is 0.0497. The Labute approximate surface area is 126 Å². The predicted octanol–water partition coefficient (Wildman–Crippen LogP) is 2.62. The first-order valence-electron chi connectivity index (χ1n) is 7.08. The largest absolute Gasteiger partial charge is 0.352 e. The van der Waals surface area contributed by atoms with Crippen molar-refractivity contribution in [3.05, 3.63) is 29.8 Å². The fourth-order valence-electron chi connectivity index (χ4n) is 1.96. The van der Waals surface area contributed by atoms with Crippen LogP contribution in [0, 0.1) is 5.92 Å². The average molecular weight is 291 g/mol. The molecule has 0 aliphatic rings. The van der Waals surface area contributed by atoms with E-state index in [2.05, 4.69) is 31.4 Å². The summed E-state index contributed by atoms with van der Waals surface area (Å²) in [5.41, 5.74) is 7.06. The van der Waals surface area contributed by atoms with E-state index in [9.17, 15) is 9.59 Å². The molecular weight excluding hydrogens is 266 g/mol. The molecule has 0 fully saturated rings. The number of carbonyl (C=O) groups is 2. The number of carbonyl (C=O) groups excluding carboxylic acids is 2. The molecule has 0 heterocycles. The first-order chi connectivity index (χ1) is 9.61. The molecule has 1 atom stereocenters. The van der Waals surface area contributed by atoms with Gasteiger partial charge in [-0.05, 0) is 29.0 Å². The Hall–Kier alpha value is -2.04. The fourth-order valence-corrected chi connectivity index (χ4v) is 1.96. The lowest BCUT2D eigenvalue weighted by atomic mass is 9.87. The number of primary amides is 1. The highest BCUT2D eigenvalue weighted by atomic mass is 16.2. The molecule has 0 saturated heterocycles. The maximum Gasteiger partial charge on any atom is 0.312 e. The van der Waals surface area contributed by atoms with Crippen molar-refractivity contribution in [1.82, 2.24) is 5.32 Å². The van der Waals surface area contributed by atoms with Gasteiger partial charge in [0.25, 0.3) is 0 Å². The van der Waals surface area contributed by atoms with Gasteiger partial charge in [-0.1, -0.05) is 46.8 Å². The lowest BCUT2D eigenvalue weighted by Crippen LogP contribution is -2.49. The Bertz CT molecular complexity index is 501. The highest BCUT2D eigenvalue weighted by Crippen LogP contribution is 2.23. The number of nitrogens with one attached hydrogen (secondary N) is 2. The third-order valence-electron chi connectivity index (χ3n) is 3.27. The number of amides is 3. The molecule has 116 valence electrons. The molecule has 0 bridgehead atoms. The van der Waals surface area contributed by atoms with Crippen LogP contribution in [0.2, 0.25) is 0 Å². The van der Waals surface area contributed by atoms with E-state index in [0.717, 1.165) is 0 Å². The SMILES string of the molecule is CC(C)[C@@H](NC(N)=O)C(=O)Nc1ccc(C(C)(C)C)cc1. The maximum atomic E-state index is 12.2. The van der Waals surface area contributed by atoms with Crippen LogP contribution in [0.15, 0.2) is 24.3 Å². The number of hydrogen-bond donors (Lipinski definition) is 3. The monoisotopic (exact) mass is 291 g/mol. The van der Waals surface area contributed by atoms with Crippen LogP contribution < -0.4 is 16.4 Å². The molecule has 0 aromatic heterocycles. The van der Waals surface area contributed by atoms with Gasteiger partial charge in [-0.2, -0.15) is 0 Å². The lowest BCUT2D eigenvalue weighted by molar-refractivity contribution is -0.118. The third kappa shape index (κ3) is 5.10. The summed E-state index contributed by atoms with van der Waals surface area (Å²) in [6.45, 7) is 10.1. The van der Waals surface area contributed by atoms with Crippen molar-refractivity contribution in [2.24, 2.45) is 11.7 Å². The molecule has 5 nitrogen and oxygen atoms in total. The summed E-state index contributed by atoms with van der Waals surface area (Å²) in [4.78, 5) is 23.1. The zero-order valence-electron chi connectivity index (χ0n) is 13.4. The second kappa shape index (κ2) is 6.61. The molecule has 1 aromatic carbocycles. The molecule has 0 spiro atoms. The lowest BCUT2D eigenvalue weighted by Gasteiger charge is -2.22. The van der Waals surface area contributed by atoms with Crippen molar-refractivity contribution in [3.8, 4) is 0 Å². The van der Waals surface area contributed by atoms with Crippen LogP contribution in [-0.2, 0) is 10.2 Å². The number of benzene rings is 1. The van der Waals surface area contributed by atoms with Crippen LogP contribution >= 0.6 is 0 Å². The summed E-state index contributed by atoms with van der Waals surface area (Å²) in [7, 11) is 0. The number of urea groups is 1. The van der Waals surface area contributed by atoms with E-state index in [1.54, 1.807) is 0 Å². The Morgan fingerprint density at radius 3 is 2.00 bits per heavy atom. The van der Waals surface area contributed by atoms with Gasteiger partial charge in [0.1, 0.15) is 6.04 Å². The molecule has 0 radical (unpaired) electrons. The van der Waals surface area contributed by atoms with Gasteiger partial charge in [0, 0.05) is 5.69 Å². The standard InChI is InChI=1S/C16H25N3O2/c1-10(2)13(19-15(17)21)14(20)18-12-8-6-11(7-9-12)16(3,4)5/h6-10,13H,1-5H3,(H,18,20)(H3,17,19,21)/t13-/m1/s1. The second-order valence-electron chi connectivity index (χ2n) is 6.55. The quantitative estimate of drug-likeness (QED) is 0.796. The van der Waals surface area contributed by atoms with E-state index in [0.29, 0.717) is 5.69 Å². The molecule has 0 aliphatic carbocycles. The zero-order valence-corrected chi connectivity index (χ0v) is 13.4. The molecule has 0 saturated carbocycles. The Morgan fingerprint density at radius 1 is 1.10 bits per heavy atom. The smallest absolute Gasteiger partial charge is 0.312 e. The van der Waals surface area contributed by atoms with Crippen LogP contribution in [0.1, 0.15) is 40.2 Å². The number of rotatable bonds is 4. The summed E-state index contributed by atoms with van der Waals surface area (Å²) >= 11 is 0. The highest BCUT2D eigenvalue weighted by Gasteiger charge is 2.23. The highest BCUT2D eigenvalue weighted by molar-refractivity contribution is 5.97. The topological polar surface area (TPSA) is 84.2 Å². The van der Waals surface area contributed by atoms with Gasteiger partial charge >= 0.3 is 6.03 Å². The predicted molar refractivity (Wildman–Crippen MR) is 85.1 cm³/mol. The summed E-state index contributed by atoms with van der Waals surface area (Å²) < 4.78 is 0. The molecule has 5 heteroatoms. The van der Waals surface area contributed by atoms with Gasteiger partial charge in [-0.25, -0.2) is 4.79 Å². The van der Waals surface area contributed by atoms with Crippen LogP contribution in [0.5, 0.6) is 0 Å². The average Bonchev–Trinajstić information content (AvgIpc) is 2.34. The summed E-state index contributed by atoms with van der Waals surface area (Å²) in [6.07, 6.45) is 0. The van der Waals surface area contributed by atoms with Gasteiger partial charge in [0.2, 0.25) is 5.91 Å². The molecule has 1 aromatic rings.